The van der Waals surface area contributed by atoms with Gasteiger partial charge in [0.25, 0.3) is 0 Å². The first-order valence-electron chi connectivity index (χ1n) is 11.4. The summed E-state index contributed by atoms with van der Waals surface area (Å²) >= 11 is 3.51. The molecule has 34 heavy (non-hydrogen) atoms. The number of hydrogen-bond acceptors (Lipinski definition) is 3. The van der Waals surface area contributed by atoms with E-state index in [1.165, 1.54) is 0 Å². The quantitative estimate of drug-likeness (QED) is 0.295. The molecule has 1 N–H and O–H groups in total. The van der Waals surface area contributed by atoms with Crippen LogP contribution in [0.3, 0.4) is 0 Å². The summed E-state index contributed by atoms with van der Waals surface area (Å²) in [7, 11) is 1.67. The topological polar surface area (TPSA) is 43.3 Å². The van der Waals surface area contributed by atoms with Crippen LogP contribution in [0, 0.1) is 5.41 Å². The average molecular weight is 515 g/mol. The summed E-state index contributed by atoms with van der Waals surface area (Å²) in [5, 5.41) is 3.61. The summed E-state index contributed by atoms with van der Waals surface area (Å²) in [5.41, 5.74) is 6.56. The van der Waals surface area contributed by atoms with Crippen LogP contribution in [0.5, 0.6) is 5.75 Å². The number of para-hydroxylation sites is 1. The van der Waals surface area contributed by atoms with Crippen molar-refractivity contribution >= 4 is 33.1 Å². The Morgan fingerprint density at radius 3 is 2.24 bits per heavy atom. The lowest BCUT2D eigenvalue weighted by molar-refractivity contribution is 0.0912. The number of ether oxygens (including phenoxy) is 1. The molecule has 0 atom stereocenters. The fraction of sp³-hybridized carbons (Fsp3) is 0.207. The van der Waals surface area contributed by atoms with E-state index in [0.29, 0.717) is 6.42 Å². The van der Waals surface area contributed by atoms with Gasteiger partial charge in [-0.1, -0.05) is 48.0 Å². The first-order chi connectivity index (χ1) is 16.4. The van der Waals surface area contributed by atoms with Crippen LogP contribution in [-0.4, -0.2) is 17.5 Å². The minimum atomic E-state index is -0.110. The Labute approximate surface area is 208 Å². The molecule has 0 saturated carbocycles. The molecule has 0 radical (unpaired) electrons. The number of fused-ring (bicyclic) bond motifs is 1. The summed E-state index contributed by atoms with van der Waals surface area (Å²) < 4.78 is 8.67. The summed E-state index contributed by atoms with van der Waals surface area (Å²) in [6.45, 7) is 4.34. The third kappa shape index (κ3) is 4.16. The molecule has 1 aromatic heterocycles. The van der Waals surface area contributed by atoms with Crippen molar-refractivity contribution in [2.75, 3.05) is 12.4 Å². The number of carbonyl (C=O) groups excluding carboxylic acids is 1. The summed E-state index contributed by atoms with van der Waals surface area (Å²) in [6, 6.07) is 26.4. The number of methoxy groups -OCH3 is 1. The number of halogens is 1. The van der Waals surface area contributed by atoms with E-state index in [1.807, 2.05) is 54.6 Å². The molecule has 0 unspecified atom stereocenters. The zero-order valence-electron chi connectivity index (χ0n) is 19.6. The number of carbonyl (C=O) groups is 1. The molecular formula is C29H27BrN2O2. The predicted octanol–water partition coefficient (Wildman–Crippen LogP) is 7.81. The van der Waals surface area contributed by atoms with Gasteiger partial charge in [-0.05, 0) is 72.5 Å². The molecule has 3 aromatic carbocycles. The van der Waals surface area contributed by atoms with E-state index in [0.717, 1.165) is 56.2 Å². The number of benzene rings is 3. The molecule has 4 aromatic rings. The fourth-order valence-corrected chi connectivity index (χ4v) is 5.08. The molecule has 0 fully saturated rings. The van der Waals surface area contributed by atoms with Crippen molar-refractivity contribution in [1.29, 1.82) is 0 Å². The smallest absolute Gasteiger partial charge is 0.167 e. The van der Waals surface area contributed by atoms with Crippen molar-refractivity contribution in [3.8, 4) is 22.7 Å². The highest BCUT2D eigenvalue weighted by Crippen LogP contribution is 2.47. The Balaban J connectivity index is 1.82. The second kappa shape index (κ2) is 8.80. The number of anilines is 2. The van der Waals surface area contributed by atoms with Crippen molar-refractivity contribution in [1.82, 2.24) is 4.57 Å². The highest BCUT2D eigenvalue weighted by molar-refractivity contribution is 9.10. The third-order valence-corrected chi connectivity index (χ3v) is 6.85. The Bertz CT molecular complexity index is 1340. The molecule has 5 rings (SSSR count). The van der Waals surface area contributed by atoms with Gasteiger partial charge in [0, 0.05) is 33.5 Å². The van der Waals surface area contributed by atoms with Crippen LogP contribution < -0.4 is 10.1 Å². The number of nitrogens with zero attached hydrogens (tertiary/aromatic N) is 1. The van der Waals surface area contributed by atoms with Gasteiger partial charge < -0.3 is 14.6 Å². The SMILES string of the molecule is COc1ccc(-c2c(Nc3ccc(Br)cc3)c3c(n2-c2ccccc2)CC(C)(C)CC3=O)cc1. The number of Topliss-reactive ketones (excluding diaryl/α,β-unsaturated/α-hetero) is 1. The molecule has 1 aliphatic rings. The molecule has 1 heterocycles. The molecule has 0 bridgehead atoms. The van der Waals surface area contributed by atoms with E-state index in [2.05, 4.69) is 63.9 Å². The van der Waals surface area contributed by atoms with Crippen molar-refractivity contribution in [3.63, 3.8) is 0 Å². The lowest BCUT2D eigenvalue weighted by Gasteiger charge is -2.30. The molecule has 0 amide bonds. The van der Waals surface area contributed by atoms with Gasteiger partial charge >= 0.3 is 0 Å². The van der Waals surface area contributed by atoms with Crippen molar-refractivity contribution < 1.29 is 9.53 Å². The van der Waals surface area contributed by atoms with Crippen LogP contribution in [0.15, 0.2) is 83.3 Å². The van der Waals surface area contributed by atoms with Gasteiger partial charge in [-0.15, -0.1) is 0 Å². The lowest BCUT2D eigenvalue weighted by Crippen LogP contribution is -2.28. The highest BCUT2D eigenvalue weighted by atomic mass is 79.9. The van der Waals surface area contributed by atoms with Crippen LogP contribution >= 0.6 is 15.9 Å². The van der Waals surface area contributed by atoms with Gasteiger partial charge in [0.15, 0.2) is 5.78 Å². The van der Waals surface area contributed by atoms with Crippen LogP contribution in [-0.2, 0) is 6.42 Å². The predicted molar refractivity (Wildman–Crippen MR) is 142 cm³/mol. The Kier molecular flexibility index (Phi) is 5.82. The van der Waals surface area contributed by atoms with Gasteiger partial charge in [0.05, 0.1) is 24.1 Å². The number of hydrogen-bond donors (Lipinski definition) is 1. The van der Waals surface area contributed by atoms with Gasteiger partial charge in [-0.25, -0.2) is 0 Å². The maximum absolute atomic E-state index is 13.6. The van der Waals surface area contributed by atoms with E-state index in [1.54, 1.807) is 7.11 Å². The van der Waals surface area contributed by atoms with E-state index in [9.17, 15) is 4.79 Å². The van der Waals surface area contributed by atoms with Crippen molar-refractivity contribution in [3.05, 3.63) is 94.6 Å². The molecule has 1 aliphatic carbocycles. The monoisotopic (exact) mass is 514 g/mol. The van der Waals surface area contributed by atoms with E-state index in [-0.39, 0.29) is 11.2 Å². The molecule has 0 spiro atoms. The molecule has 4 nitrogen and oxygen atoms in total. The van der Waals surface area contributed by atoms with Crippen LogP contribution in [0.4, 0.5) is 11.4 Å². The van der Waals surface area contributed by atoms with Gasteiger partial charge in [-0.3, -0.25) is 4.79 Å². The standard InChI is InChI=1S/C29H27BrN2O2/c1-29(2)17-24-26(25(33)18-29)27(31-21-13-11-20(30)12-14-21)28(19-9-15-23(34-3)16-10-19)32(24)22-7-5-4-6-8-22/h4-16,31H,17-18H2,1-3H3. The maximum Gasteiger partial charge on any atom is 0.167 e. The second-order valence-corrected chi connectivity index (χ2v) is 10.4. The molecule has 0 saturated heterocycles. The number of nitrogens with one attached hydrogen (secondary N) is 1. The zero-order chi connectivity index (χ0) is 23.9. The molecular weight excluding hydrogens is 488 g/mol. The van der Waals surface area contributed by atoms with Crippen LogP contribution in [0.25, 0.3) is 16.9 Å². The van der Waals surface area contributed by atoms with E-state index >= 15 is 0 Å². The number of ketones is 1. The van der Waals surface area contributed by atoms with Gasteiger partial charge in [0.1, 0.15) is 5.75 Å². The highest BCUT2D eigenvalue weighted by Gasteiger charge is 2.38. The third-order valence-electron chi connectivity index (χ3n) is 6.32. The molecule has 0 aliphatic heterocycles. The fourth-order valence-electron chi connectivity index (χ4n) is 4.81. The first-order valence-corrected chi connectivity index (χ1v) is 12.2. The van der Waals surface area contributed by atoms with E-state index < -0.39 is 0 Å². The van der Waals surface area contributed by atoms with Crippen molar-refractivity contribution in [2.24, 2.45) is 5.41 Å². The molecule has 172 valence electrons. The largest absolute Gasteiger partial charge is 0.497 e. The first kappa shape index (κ1) is 22.5. The number of aromatic nitrogens is 1. The average Bonchev–Trinajstić information content (AvgIpc) is 3.14. The number of rotatable bonds is 5. The Morgan fingerprint density at radius 1 is 0.912 bits per heavy atom. The van der Waals surface area contributed by atoms with Crippen LogP contribution in [0.1, 0.15) is 36.3 Å². The van der Waals surface area contributed by atoms with Crippen molar-refractivity contribution in [2.45, 2.75) is 26.7 Å². The lowest BCUT2D eigenvalue weighted by atomic mass is 9.76. The second-order valence-electron chi connectivity index (χ2n) is 9.52. The molecule has 5 heteroatoms. The van der Waals surface area contributed by atoms with Crippen LogP contribution in [0.2, 0.25) is 0 Å². The minimum absolute atomic E-state index is 0.110. The zero-order valence-corrected chi connectivity index (χ0v) is 21.1. The van der Waals surface area contributed by atoms with Gasteiger partial charge in [0.2, 0.25) is 0 Å². The minimum Gasteiger partial charge on any atom is -0.497 e. The summed E-state index contributed by atoms with van der Waals surface area (Å²) in [4.78, 5) is 13.6. The maximum atomic E-state index is 13.6. The van der Waals surface area contributed by atoms with E-state index in [4.69, 9.17) is 4.74 Å². The summed E-state index contributed by atoms with van der Waals surface area (Å²) in [5.74, 6) is 0.973. The Hall–Kier alpha value is -3.31. The summed E-state index contributed by atoms with van der Waals surface area (Å²) in [6.07, 6.45) is 1.34. The van der Waals surface area contributed by atoms with Gasteiger partial charge in [-0.2, -0.15) is 0 Å². The normalized spacial score (nSPS) is 14.5. The Morgan fingerprint density at radius 2 is 1.59 bits per heavy atom.